The van der Waals surface area contributed by atoms with E-state index in [1.54, 1.807) is 0 Å². The first-order valence-corrected chi connectivity index (χ1v) is 30.2. The SMILES string of the molecule is CC/C=C\C/C=C\C/C=C\C/C=C\CCCCCCCCCCCCCCCCCCCCCCC(=O)OCC(COC(=O)CCCCCCCCCC)OC(=O)CC/C=C\C/C=C\C/C=C\C/C=C\CC. The molecule has 72 heavy (non-hydrogen) atoms. The van der Waals surface area contributed by atoms with Crippen molar-refractivity contribution < 1.29 is 28.6 Å². The zero-order valence-electron chi connectivity index (χ0n) is 47.2. The molecule has 0 spiro atoms. The van der Waals surface area contributed by atoms with Crippen molar-refractivity contribution in [2.45, 2.75) is 290 Å². The zero-order chi connectivity index (χ0) is 52.2. The molecule has 0 aromatic heterocycles. The summed E-state index contributed by atoms with van der Waals surface area (Å²) in [6.45, 7) is 6.33. The van der Waals surface area contributed by atoms with Crippen LogP contribution in [0.15, 0.2) is 97.2 Å². The average molecular weight is 1000 g/mol. The molecule has 0 saturated carbocycles. The average Bonchev–Trinajstić information content (AvgIpc) is 3.38. The van der Waals surface area contributed by atoms with Crippen molar-refractivity contribution >= 4 is 17.9 Å². The van der Waals surface area contributed by atoms with Gasteiger partial charge in [-0.1, -0.05) is 279 Å². The van der Waals surface area contributed by atoms with Crippen molar-refractivity contribution in [3.05, 3.63) is 97.2 Å². The van der Waals surface area contributed by atoms with Gasteiger partial charge in [-0.3, -0.25) is 14.4 Å². The molecule has 0 aromatic rings. The number of carbonyl (C=O) groups excluding carboxylic acids is 3. The Hall–Kier alpha value is -3.67. The van der Waals surface area contributed by atoms with E-state index < -0.39 is 6.10 Å². The number of unbranched alkanes of at least 4 members (excludes halogenated alkanes) is 27. The lowest BCUT2D eigenvalue weighted by Crippen LogP contribution is -2.30. The largest absolute Gasteiger partial charge is 0.462 e. The molecule has 0 radical (unpaired) electrons. The summed E-state index contributed by atoms with van der Waals surface area (Å²) < 4.78 is 16.7. The van der Waals surface area contributed by atoms with Crippen molar-refractivity contribution in [3.8, 4) is 0 Å². The molecule has 6 nitrogen and oxygen atoms in total. The summed E-state index contributed by atoms with van der Waals surface area (Å²) in [7, 11) is 0. The minimum atomic E-state index is -0.810. The Morgan fingerprint density at radius 3 is 0.903 bits per heavy atom. The van der Waals surface area contributed by atoms with Crippen LogP contribution in [0.1, 0.15) is 284 Å². The number of hydrogen-bond acceptors (Lipinski definition) is 6. The first kappa shape index (κ1) is 68.3. The van der Waals surface area contributed by atoms with Gasteiger partial charge in [-0.2, -0.15) is 0 Å². The maximum absolute atomic E-state index is 12.7. The summed E-state index contributed by atoms with van der Waals surface area (Å²) in [5.41, 5.74) is 0. The van der Waals surface area contributed by atoms with E-state index in [1.165, 1.54) is 148 Å². The van der Waals surface area contributed by atoms with E-state index in [1.807, 2.05) is 12.2 Å². The second-order valence-corrected chi connectivity index (χ2v) is 19.9. The number of ether oxygens (including phenoxy) is 3. The minimum Gasteiger partial charge on any atom is -0.462 e. The monoisotopic (exact) mass is 1000 g/mol. The Labute approximate surface area is 445 Å². The highest BCUT2D eigenvalue weighted by Gasteiger charge is 2.19. The summed E-state index contributed by atoms with van der Waals surface area (Å²) in [6, 6.07) is 0. The van der Waals surface area contributed by atoms with Gasteiger partial charge < -0.3 is 14.2 Å². The van der Waals surface area contributed by atoms with Gasteiger partial charge in [0, 0.05) is 19.3 Å². The highest BCUT2D eigenvalue weighted by molar-refractivity contribution is 5.71. The van der Waals surface area contributed by atoms with E-state index >= 15 is 0 Å². The molecule has 0 amide bonds. The molecule has 0 heterocycles. The number of carbonyl (C=O) groups is 3. The van der Waals surface area contributed by atoms with Crippen LogP contribution < -0.4 is 0 Å². The van der Waals surface area contributed by atoms with Crippen molar-refractivity contribution in [1.29, 1.82) is 0 Å². The third kappa shape index (κ3) is 57.2. The van der Waals surface area contributed by atoms with Gasteiger partial charge in [0.05, 0.1) is 0 Å². The van der Waals surface area contributed by atoms with Gasteiger partial charge in [0.25, 0.3) is 0 Å². The summed E-state index contributed by atoms with van der Waals surface area (Å²) in [4.78, 5) is 37.9. The first-order chi connectivity index (χ1) is 35.5. The van der Waals surface area contributed by atoms with Gasteiger partial charge in [-0.15, -0.1) is 0 Å². The molecular weight excluding hydrogens is 889 g/mol. The smallest absolute Gasteiger partial charge is 0.306 e. The highest BCUT2D eigenvalue weighted by atomic mass is 16.6. The number of esters is 3. The fourth-order valence-corrected chi connectivity index (χ4v) is 8.39. The summed E-state index contributed by atoms with van der Waals surface area (Å²) in [5, 5.41) is 0. The molecule has 6 heteroatoms. The molecule has 0 aliphatic rings. The van der Waals surface area contributed by atoms with Gasteiger partial charge in [-0.05, 0) is 83.5 Å². The molecule has 0 N–H and O–H groups in total. The molecule has 0 rings (SSSR count). The van der Waals surface area contributed by atoms with Crippen LogP contribution in [0.3, 0.4) is 0 Å². The van der Waals surface area contributed by atoms with Gasteiger partial charge >= 0.3 is 17.9 Å². The second-order valence-electron chi connectivity index (χ2n) is 19.9. The molecular formula is C66H112O6. The number of rotatable bonds is 54. The Balaban J connectivity index is 4.03. The van der Waals surface area contributed by atoms with Gasteiger partial charge in [0.2, 0.25) is 0 Å². The Morgan fingerprint density at radius 2 is 0.569 bits per heavy atom. The lowest BCUT2D eigenvalue weighted by molar-refractivity contribution is -0.166. The zero-order valence-corrected chi connectivity index (χ0v) is 47.2. The third-order valence-electron chi connectivity index (χ3n) is 12.8. The molecule has 0 aliphatic carbocycles. The van der Waals surface area contributed by atoms with Crippen molar-refractivity contribution in [3.63, 3.8) is 0 Å². The maximum Gasteiger partial charge on any atom is 0.306 e. The maximum atomic E-state index is 12.7. The normalized spacial score (nSPS) is 12.8. The predicted molar refractivity (Wildman–Crippen MR) is 311 cm³/mol. The molecule has 0 aromatic carbocycles. The summed E-state index contributed by atoms with van der Waals surface area (Å²) in [6.07, 6.45) is 80.4. The van der Waals surface area contributed by atoms with E-state index in [0.717, 1.165) is 89.9 Å². The van der Waals surface area contributed by atoms with E-state index in [4.69, 9.17) is 14.2 Å². The van der Waals surface area contributed by atoms with Gasteiger partial charge in [-0.25, -0.2) is 0 Å². The third-order valence-corrected chi connectivity index (χ3v) is 12.8. The van der Waals surface area contributed by atoms with Crippen LogP contribution in [0.25, 0.3) is 0 Å². The van der Waals surface area contributed by atoms with Crippen LogP contribution in [0, 0.1) is 0 Å². The Kier molecular flexibility index (Phi) is 56.8. The molecule has 1 unspecified atom stereocenters. The second kappa shape index (κ2) is 59.9. The predicted octanol–water partition coefficient (Wildman–Crippen LogP) is 20.5. The topological polar surface area (TPSA) is 78.9 Å². The molecule has 412 valence electrons. The van der Waals surface area contributed by atoms with Crippen LogP contribution in [0.2, 0.25) is 0 Å². The quantitative estimate of drug-likeness (QED) is 0.0261. The first-order valence-electron chi connectivity index (χ1n) is 30.2. The molecule has 0 saturated heterocycles. The molecule has 0 bridgehead atoms. The van der Waals surface area contributed by atoms with Crippen LogP contribution in [0.5, 0.6) is 0 Å². The standard InChI is InChI=1S/C66H112O6/c1-4-7-10-13-16-19-21-23-24-25-26-27-28-29-30-31-32-33-34-35-36-37-38-39-40-41-42-44-45-47-50-53-56-59-65(68)71-62-63(61-70-64(67)58-55-52-49-18-15-12-9-6-3)72-66(69)60-57-54-51-48-46-43-22-20-17-14-11-8-5-2/h7-8,10-11,16-17,19-20,23-24,26-27,43,46,51,54,63H,4-6,9,12-15,18,21-22,25,28-42,44-45,47-50,52-53,55-62H2,1-3H3/b10-7-,11-8-,19-16-,20-17-,24-23-,27-26-,46-43-,54-51-. The van der Waals surface area contributed by atoms with Crippen molar-refractivity contribution in [1.82, 2.24) is 0 Å². The van der Waals surface area contributed by atoms with Crippen LogP contribution >= 0.6 is 0 Å². The molecule has 0 aliphatic heterocycles. The van der Waals surface area contributed by atoms with E-state index in [0.29, 0.717) is 19.3 Å². The highest BCUT2D eigenvalue weighted by Crippen LogP contribution is 2.16. The molecule has 0 fully saturated rings. The fourth-order valence-electron chi connectivity index (χ4n) is 8.39. The van der Waals surface area contributed by atoms with Gasteiger partial charge in [0.1, 0.15) is 13.2 Å². The van der Waals surface area contributed by atoms with E-state index in [-0.39, 0.29) is 37.5 Å². The van der Waals surface area contributed by atoms with Gasteiger partial charge in [0.15, 0.2) is 6.10 Å². The van der Waals surface area contributed by atoms with Crippen LogP contribution in [0.4, 0.5) is 0 Å². The number of allylic oxidation sites excluding steroid dienone is 16. The van der Waals surface area contributed by atoms with Crippen LogP contribution in [-0.4, -0.2) is 37.2 Å². The summed E-state index contributed by atoms with van der Waals surface area (Å²) in [5.74, 6) is -0.984. The number of hydrogen-bond donors (Lipinski definition) is 0. The minimum absolute atomic E-state index is 0.102. The van der Waals surface area contributed by atoms with Crippen molar-refractivity contribution in [2.24, 2.45) is 0 Å². The Bertz CT molecular complexity index is 1430. The lowest BCUT2D eigenvalue weighted by Gasteiger charge is -2.18. The fraction of sp³-hybridized carbons (Fsp3) is 0.712. The van der Waals surface area contributed by atoms with E-state index in [2.05, 4.69) is 106 Å². The summed E-state index contributed by atoms with van der Waals surface area (Å²) >= 11 is 0. The van der Waals surface area contributed by atoms with E-state index in [9.17, 15) is 14.4 Å². The van der Waals surface area contributed by atoms with Crippen LogP contribution in [-0.2, 0) is 28.6 Å². The lowest BCUT2D eigenvalue weighted by atomic mass is 10.0. The Morgan fingerprint density at radius 1 is 0.292 bits per heavy atom. The van der Waals surface area contributed by atoms with Crippen molar-refractivity contribution in [2.75, 3.05) is 13.2 Å². The molecule has 1 atom stereocenters.